The molecule has 2 heterocycles. The highest BCUT2D eigenvalue weighted by atomic mass is 35.5. The molecular formula is C14H16ClN3O2. The number of methoxy groups -OCH3 is 1. The predicted molar refractivity (Wildman–Crippen MR) is 74.7 cm³/mol. The number of hydrogen-bond donors (Lipinski definition) is 1. The van der Waals surface area contributed by atoms with Crippen LogP contribution in [0.1, 0.15) is 29.7 Å². The summed E-state index contributed by atoms with van der Waals surface area (Å²) in [4.78, 5) is 4.45. The van der Waals surface area contributed by atoms with E-state index in [1.54, 1.807) is 7.11 Å². The molecule has 1 aromatic heterocycles. The topological polar surface area (TPSA) is 60.2 Å². The van der Waals surface area contributed by atoms with Gasteiger partial charge in [-0.2, -0.15) is 4.98 Å². The normalized spacial score (nSPS) is 22.3. The Bertz CT molecular complexity index is 587. The van der Waals surface area contributed by atoms with E-state index >= 15 is 0 Å². The Labute approximate surface area is 122 Å². The van der Waals surface area contributed by atoms with E-state index in [-0.39, 0.29) is 12.1 Å². The van der Waals surface area contributed by atoms with Gasteiger partial charge in [0.25, 0.3) is 0 Å². The first-order chi connectivity index (χ1) is 9.74. The van der Waals surface area contributed by atoms with E-state index in [1.165, 1.54) is 0 Å². The summed E-state index contributed by atoms with van der Waals surface area (Å²) in [5.41, 5.74) is 1.07. The molecule has 1 aliphatic heterocycles. The summed E-state index contributed by atoms with van der Waals surface area (Å²) in [5, 5.41) is 8.06. The fraction of sp³-hybridized carbons (Fsp3) is 0.429. The third-order valence-corrected chi connectivity index (χ3v) is 3.69. The Morgan fingerprint density at radius 3 is 3.15 bits per heavy atom. The molecule has 0 amide bonds. The van der Waals surface area contributed by atoms with Crippen LogP contribution in [0, 0.1) is 0 Å². The van der Waals surface area contributed by atoms with Crippen LogP contribution in [0.3, 0.4) is 0 Å². The Hall–Kier alpha value is -1.43. The molecule has 1 fully saturated rings. The smallest absolute Gasteiger partial charge is 0.243 e. The third-order valence-electron chi connectivity index (χ3n) is 3.46. The van der Waals surface area contributed by atoms with Gasteiger partial charge in [-0.15, -0.1) is 0 Å². The van der Waals surface area contributed by atoms with Crippen molar-refractivity contribution < 1.29 is 9.26 Å². The molecule has 2 aromatic rings. The summed E-state index contributed by atoms with van der Waals surface area (Å²) in [5.74, 6) is 1.30. The van der Waals surface area contributed by atoms with Gasteiger partial charge in [-0.3, -0.25) is 0 Å². The monoisotopic (exact) mass is 293 g/mol. The number of aromatic nitrogens is 2. The van der Waals surface area contributed by atoms with Crippen LogP contribution in [0.5, 0.6) is 0 Å². The second-order valence-electron chi connectivity index (χ2n) is 4.91. The number of hydrogen-bond acceptors (Lipinski definition) is 5. The lowest BCUT2D eigenvalue weighted by atomic mass is 10.1. The van der Waals surface area contributed by atoms with Crippen LogP contribution < -0.4 is 5.32 Å². The van der Waals surface area contributed by atoms with Crippen molar-refractivity contribution in [2.45, 2.75) is 25.0 Å². The minimum absolute atomic E-state index is 0.0839. The average Bonchev–Trinajstić information content (AvgIpc) is 3.07. The molecule has 1 saturated heterocycles. The number of halogens is 1. The van der Waals surface area contributed by atoms with E-state index < -0.39 is 0 Å². The number of nitrogens with one attached hydrogen (secondary N) is 1. The Balaban J connectivity index is 1.68. The second kappa shape index (κ2) is 5.91. The van der Waals surface area contributed by atoms with Gasteiger partial charge in [-0.25, -0.2) is 0 Å². The van der Waals surface area contributed by atoms with E-state index in [1.807, 2.05) is 24.3 Å². The molecule has 106 valence electrons. The molecule has 1 N–H and O–H groups in total. The predicted octanol–water partition coefficient (Wildman–Crippen LogP) is 2.36. The van der Waals surface area contributed by atoms with E-state index in [0.717, 1.165) is 18.5 Å². The summed E-state index contributed by atoms with van der Waals surface area (Å²) in [6.07, 6.45) is 1.68. The zero-order valence-electron chi connectivity index (χ0n) is 11.2. The van der Waals surface area contributed by atoms with Gasteiger partial charge >= 0.3 is 0 Å². The van der Waals surface area contributed by atoms with Crippen molar-refractivity contribution >= 4 is 11.6 Å². The Morgan fingerprint density at radius 1 is 1.50 bits per heavy atom. The summed E-state index contributed by atoms with van der Waals surface area (Å²) < 4.78 is 10.6. The molecule has 0 spiro atoms. The third kappa shape index (κ3) is 3.00. The average molecular weight is 294 g/mol. The maximum Gasteiger partial charge on any atom is 0.243 e. The minimum Gasteiger partial charge on any atom is -0.380 e. The number of ether oxygens (including phenoxy) is 1. The number of nitrogens with zero attached hydrogens (tertiary/aromatic N) is 2. The van der Waals surface area contributed by atoms with Gasteiger partial charge in [-0.05, 0) is 24.1 Å². The quantitative estimate of drug-likeness (QED) is 0.938. The molecule has 0 bridgehead atoms. The number of rotatable bonds is 4. The zero-order valence-corrected chi connectivity index (χ0v) is 11.9. The van der Waals surface area contributed by atoms with Crippen molar-refractivity contribution in [3.8, 4) is 0 Å². The van der Waals surface area contributed by atoms with Gasteiger partial charge in [0, 0.05) is 25.1 Å². The lowest BCUT2D eigenvalue weighted by molar-refractivity contribution is 0.116. The van der Waals surface area contributed by atoms with Crippen molar-refractivity contribution in [1.29, 1.82) is 0 Å². The molecule has 1 aromatic carbocycles. The number of benzene rings is 1. The molecule has 20 heavy (non-hydrogen) atoms. The van der Waals surface area contributed by atoms with Gasteiger partial charge in [0.2, 0.25) is 5.89 Å². The lowest BCUT2D eigenvalue weighted by Crippen LogP contribution is -2.16. The summed E-state index contributed by atoms with van der Waals surface area (Å²) in [7, 11) is 1.72. The molecule has 0 saturated carbocycles. The molecule has 5 nitrogen and oxygen atoms in total. The fourth-order valence-electron chi connectivity index (χ4n) is 2.38. The van der Waals surface area contributed by atoms with Gasteiger partial charge in [0.1, 0.15) is 0 Å². The van der Waals surface area contributed by atoms with Gasteiger partial charge in [-0.1, -0.05) is 28.9 Å². The minimum atomic E-state index is 0.0839. The van der Waals surface area contributed by atoms with Gasteiger partial charge in [0.05, 0.1) is 12.1 Å². The van der Waals surface area contributed by atoms with Gasteiger partial charge < -0.3 is 14.6 Å². The lowest BCUT2D eigenvalue weighted by Gasteiger charge is -2.04. The Morgan fingerprint density at radius 2 is 2.40 bits per heavy atom. The van der Waals surface area contributed by atoms with Crippen molar-refractivity contribution in [2.24, 2.45) is 0 Å². The van der Waals surface area contributed by atoms with Gasteiger partial charge in [0.15, 0.2) is 5.82 Å². The maximum absolute atomic E-state index is 5.96. The first-order valence-corrected chi connectivity index (χ1v) is 6.95. The molecule has 1 aliphatic rings. The summed E-state index contributed by atoms with van der Waals surface area (Å²) >= 11 is 5.96. The van der Waals surface area contributed by atoms with Crippen LogP contribution in [-0.4, -0.2) is 29.9 Å². The van der Waals surface area contributed by atoms with Crippen molar-refractivity contribution in [3.05, 3.63) is 46.6 Å². The first kappa shape index (κ1) is 13.5. The van der Waals surface area contributed by atoms with Crippen LogP contribution in [0.15, 0.2) is 28.8 Å². The highest BCUT2D eigenvalue weighted by Crippen LogP contribution is 2.23. The van der Waals surface area contributed by atoms with Crippen LogP contribution in [-0.2, 0) is 11.2 Å². The van der Waals surface area contributed by atoms with Crippen LogP contribution in [0.25, 0.3) is 0 Å². The zero-order chi connectivity index (χ0) is 13.9. The summed E-state index contributed by atoms with van der Waals surface area (Å²) in [6, 6.07) is 7.75. The van der Waals surface area contributed by atoms with Crippen LogP contribution in [0.4, 0.5) is 0 Å². The van der Waals surface area contributed by atoms with E-state index in [2.05, 4.69) is 15.5 Å². The van der Waals surface area contributed by atoms with Crippen LogP contribution >= 0.6 is 11.6 Å². The molecular weight excluding hydrogens is 278 g/mol. The summed E-state index contributed by atoms with van der Waals surface area (Å²) in [6.45, 7) is 0.813. The highest BCUT2D eigenvalue weighted by Gasteiger charge is 2.29. The molecule has 0 radical (unpaired) electrons. The maximum atomic E-state index is 5.96. The van der Waals surface area contributed by atoms with Crippen LogP contribution in [0.2, 0.25) is 5.02 Å². The highest BCUT2D eigenvalue weighted by molar-refractivity contribution is 6.30. The van der Waals surface area contributed by atoms with Crippen molar-refractivity contribution in [2.75, 3.05) is 13.7 Å². The molecule has 2 atom stereocenters. The molecule has 0 unspecified atom stereocenters. The van der Waals surface area contributed by atoms with E-state index in [9.17, 15) is 0 Å². The molecule has 6 heteroatoms. The van der Waals surface area contributed by atoms with Crippen molar-refractivity contribution in [1.82, 2.24) is 15.5 Å². The SMILES string of the molecule is CO[C@@H]1CN[C@@H](c2nc(Cc3cccc(Cl)c3)no2)C1. The largest absolute Gasteiger partial charge is 0.380 e. The fourth-order valence-corrected chi connectivity index (χ4v) is 2.59. The standard InChI is InChI=1S/C14H16ClN3O2/c1-19-11-7-12(16-8-11)14-17-13(18-20-14)6-9-3-2-4-10(15)5-9/h2-5,11-12,16H,6-8H2,1H3/t11-,12+/m0/s1. The Kier molecular flexibility index (Phi) is 4.00. The first-order valence-electron chi connectivity index (χ1n) is 6.57. The second-order valence-corrected chi connectivity index (χ2v) is 5.35. The molecule has 0 aliphatic carbocycles. The molecule has 3 rings (SSSR count). The van der Waals surface area contributed by atoms with Crippen molar-refractivity contribution in [3.63, 3.8) is 0 Å². The van der Waals surface area contributed by atoms with E-state index in [4.69, 9.17) is 20.9 Å². The van der Waals surface area contributed by atoms with E-state index in [0.29, 0.717) is 23.2 Å².